The Balaban J connectivity index is 5.24. The van der Waals surface area contributed by atoms with Gasteiger partial charge in [0.15, 0.2) is 12.2 Å². The Morgan fingerprint density at radius 2 is 0.573 bits per heavy atom. The molecule has 0 radical (unpaired) electrons. The minimum Gasteiger partial charge on any atom is -0.462 e. The molecule has 0 spiro atoms. The number of ether oxygens (including phenoxy) is 4. The highest BCUT2D eigenvalue weighted by Gasteiger charge is 2.30. The van der Waals surface area contributed by atoms with E-state index in [4.69, 9.17) is 37.0 Å². The van der Waals surface area contributed by atoms with E-state index in [1.165, 1.54) is 154 Å². The zero-order valence-electron chi connectivity index (χ0n) is 57.9. The summed E-state index contributed by atoms with van der Waals surface area (Å²) in [6.07, 6.45) is 44.4. The summed E-state index contributed by atoms with van der Waals surface area (Å²) in [4.78, 5) is 72.5. The van der Waals surface area contributed by atoms with Gasteiger partial charge in [-0.1, -0.05) is 299 Å². The molecule has 17 nitrogen and oxygen atoms in total. The van der Waals surface area contributed by atoms with Crippen molar-refractivity contribution in [1.29, 1.82) is 0 Å². The SMILES string of the molecule is CCCCCCCCCCC(=O)OC[C@H](COP(=O)(O)OC[C@H](O)COP(=O)(O)OC[C@@H](COC(=O)CCCCCCCCCCCCCC(C)C)OC(=O)CCCCCCCCCCCCCCC(C)C)OC(=O)CCCCCCCCCCC(C)CC. The van der Waals surface area contributed by atoms with Gasteiger partial charge in [0, 0.05) is 25.7 Å². The maximum atomic E-state index is 13.0. The largest absolute Gasteiger partial charge is 0.472 e. The van der Waals surface area contributed by atoms with Crippen molar-refractivity contribution in [2.75, 3.05) is 39.6 Å². The predicted octanol–water partition coefficient (Wildman–Crippen LogP) is 19.8. The zero-order valence-corrected chi connectivity index (χ0v) is 59.7. The number of unbranched alkanes of at least 4 members (excludes halogenated alkanes) is 35. The molecule has 3 unspecified atom stereocenters. The molecule has 89 heavy (non-hydrogen) atoms. The van der Waals surface area contributed by atoms with Gasteiger partial charge in [0.25, 0.3) is 0 Å². The van der Waals surface area contributed by atoms with E-state index in [2.05, 4.69) is 48.5 Å². The highest BCUT2D eigenvalue weighted by atomic mass is 31.2. The highest BCUT2D eigenvalue weighted by molar-refractivity contribution is 7.47. The Kier molecular flexibility index (Phi) is 59.6. The third kappa shape index (κ3) is 63.2. The zero-order chi connectivity index (χ0) is 65.9. The number of phosphoric ester groups is 2. The summed E-state index contributed by atoms with van der Waals surface area (Å²) in [7, 11) is -9.90. The molecule has 0 aliphatic carbocycles. The number of aliphatic hydroxyl groups is 1. The van der Waals surface area contributed by atoms with Gasteiger partial charge in [-0.2, -0.15) is 0 Å². The van der Waals surface area contributed by atoms with Crippen LogP contribution in [0.15, 0.2) is 0 Å². The van der Waals surface area contributed by atoms with Gasteiger partial charge >= 0.3 is 39.5 Å². The molecule has 0 aliphatic heterocycles. The van der Waals surface area contributed by atoms with Gasteiger partial charge in [-0.25, -0.2) is 9.13 Å². The van der Waals surface area contributed by atoms with Crippen molar-refractivity contribution in [1.82, 2.24) is 0 Å². The molecule has 0 bridgehead atoms. The fraction of sp³-hybridized carbons (Fsp3) is 0.943. The second kappa shape index (κ2) is 61.0. The molecule has 0 fully saturated rings. The summed E-state index contributed by atoms with van der Waals surface area (Å²) in [5.41, 5.74) is 0. The summed E-state index contributed by atoms with van der Waals surface area (Å²) >= 11 is 0. The lowest BCUT2D eigenvalue weighted by atomic mass is 9.99. The third-order valence-corrected chi connectivity index (χ3v) is 18.4. The minimum atomic E-state index is -4.95. The van der Waals surface area contributed by atoms with Crippen LogP contribution in [0.5, 0.6) is 0 Å². The van der Waals surface area contributed by atoms with Gasteiger partial charge in [0.05, 0.1) is 26.4 Å². The fourth-order valence-corrected chi connectivity index (χ4v) is 12.1. The molecule has 0 aliphatic rings. The van der Waals surface area contributed by atoms with Crippen molar-refractivity contribution < 1.29 is 80.2 Å². The van der Waals surface area contributed by atoms with Crippen molar-refractivity contribution in [2.45, 2.75) is 369 Å². The van der Waals surface area contributed by atoms with E-state index in [-0.39, 0.29) is 25.7 Å². The number of phosphoric acid groups is 2. The quantitative estimate of drug-likeness (QED) is 0.0222. The van der Waals surface area contributed by atoms with E-state index < -0.39 is 97.5 Å². The van der Waals surface area contributed by atoms with Crippen molar-refractivity contribution in [3.63, 3.8) is 0 Å². The average molecular weight is 1310 g/mol. The number of esters is 4. The molecule has 0 aromatic carbocycles. The van der Waals surface area contributed by atoms with Gasteiger partial charge in [0.1, 0.15) is 19.3 Å². The molecule has 0 aromatic heterocycles. The first-order valence-corrected chi connectivity index (χ1v) is 39.4. The number of carbonyl (C=O) groups excluding carboxylic acids is 4. The first kappa shape index (κ1) is 87.1. The number of hydrogen-bond acceptors (Lipinski definition) is 15. The first-order valence-electron chi connectivity index (χ1n) is 36.4. The lowest BCUT2D eigenvalue weighted by Crippen LogP contribution is -2.30. The van der Waals surface area contributed by atoms with Crippen LogP contribution in [0.3, 0.4) is 0 Å². The Morgan fingerprint density at radius 3 is 0.854 bits per heavy atom. The van der Waals surface area contributed by atoms with E-state index in [1.807, 2.05) is 0 Å². The van der Waals surface area contributed by atoms with Crippen LogP contribution < -0.4 is 0 Å². The van der Waals surface area contributed by atoms with Crippen LogP contribution in [0.1, 0.15) is 350 Å². The molecular weight excluding hydrogens is 1170 g/mol. The van der Waals surface area contributed by atoms with Gasteiger partial charge in [-0.15, -0.1) is 0 Å². The second-order valence-corrected chi connectivity index (χ2v) is 29.4. The molecule has 528 valence electrons. The van der Waals surface area contributed by atoms with Gasteiger partial charge in [0.2, 0.25) is 0 Å². The summed E-state index contributed by atoms with van der Waals surface area (Å²) < 4.78 is 68.2. The van der Waals surface area contributed by atoms with E-state index in [9.17, 15) is 43.2 Å². The number of rotatable bonds is 68. The number of hydrogen-bond donors (Lipinski definition) is 3. The van der Waals surface area contributed by atoms with E-state index in [1.54, 1.807) is 0 Å². The predicted molar refractivity (Wildman–Crippen MR) is 358 cm³/mol. The maximum Gasteiger partial charge on any atom is 0.472 e. The van der Waals surface area contributed by atoms with E-state index in [0.717, 1.165) is 114 Å². The number of aliphatic hydroxyl groups excluding tert-OH is 1. The molecule has 0 amide bonds. The highest BCUT2D eigenvalue weighted by Crippen LogP contribution is 2.45. The van der Waals surface area contributed by atoms with Crippen molar-refractivity contribution in [2.24, 2.45) is 17.8 Å². The molecule has 0 aromatic rings. The lowest BCUT2D eigenvalue weighted by molar-refractivity contribution is -0.161. The molecule has 6 atom stereocenters. The Labute approximate surface area is 543 Å². The first-order chi connectivity index (χ1) is 42.8. The molecule has 3 N–H and O–H groups in total. The second-order valence-electron chi connectivity index (χ2n) is 26.5. The smallest absolute Gasteiger partial charge is 0.462 e. The fourth-order valence-electron chi connectivity index (χ4n) is 10.5. The molecule has 0 saturated heterocycles. The van der Waals surface area contributed by atoms with Crippen molar-refractivity contribution in [3.8, 4) is 0 Å². The van der Waals surface area contributed by atoms with Crippen molar-refractivity contribution in [3.05, 3.63) is 0 Å². The van der Waals surface area contributed by atoms with Crippen LogP contribution in [-0.4, -0.2) is 96.7 Å². The van der Waals surface area contributed by atoms with Crippen LogP contribution in [0.2, 0.25) is 0 Å². The summed E-state index contributed by atoms with van der Waals surface area (Å²) in [5.74, 6) is 0.188. The normalized spacial score (nSPS) is 14.5. The van der Waals surface area contributed by atoms with Crippen LogP contribution in [0.25, 0.3) is 0 Å². The minimum absolute atomic E-state index is 0.105. The Bertz CT molecular complexity index is 1750. The molecule has 19 heteroatoms. The third-order valence-electron chi connectivity index (χ3n) is 16.5. The lowest BCUT2D eigenvalue weighted by Gasteiger charge is -2.21. The Hall–Kier alpha value is -1.94. The van der Waals surface area contributed by atoms with Crippen LogP contribution in [0, 0.1) is 17.8 Å². The monoisotopic (exact) mass is 1310 g/mol. The van der Waals surface area contributed by atoms with Crippen LogP contribution in [-0.2, 0) is 65.4 Å². The summed E-state index contributed by atoms with van der Waals surface area (Å²) in [6, 6.07) is 0. The summed E-state index contributed by atoms with van der Waals surface area (Å²) in [5, 5.41) is 10.6. The van der Waals surface area contributed by atoms with Crippen LogP contribution in [0.4, 0.5) is 0 Å². The van der Waals surface area contributed by atoms with E-state index in [0.29, 0.717) is 25.7 Å². The van der Waals surface area contributed by atoms with Gasteiger partial charge in [-0.05, 0) is 43.4 Å². The molecule has 0 heterocycles. The number of carbonyl (C=O) groups is 4. The van der Waals surface area contributed by atoms with Gasteiger partial charge < -0.3 is 33.8 Å². The topological polar surface area (TPSA) is 237 Å². The average Bonchev–Trinajstić information content (AvgIpc) is 3.53. The van der Waals surface area contributed by atoms with Crippen molar-refractivity contribution >= 4 is 39.5 Å². The maximum absolute atomic E-state index is 13.0. The molecule has 0 saturated carbocycles. The molecular formula is C70H136O17P2. The van der Waals surface area contributed by atoms with Gasteiger partial charge in [-0.3, -0.25) is 37.3 Å². The van der Waals surface area contributed by atoms with E-state index >= 15 is 0 Å². The standard InChI is InChI=1S/C70H136O17P2/c1-8-10-11-12-13-30-37-44-51-67(72)80-57-65(87-70(75)54-47-40-33-26-25-29-36-43-50-63(7)9-2)59-84-88(76,77)82-55-64(71)56-83-89(78,79)85-60-66(58-81-68(73)52-45-38-31-23-20-16-18-22-28-35-42-49-62(5)6)86-69(74)53-46-39-32-24-19-15-14-17-21-27-34-41-48-61(3)4/h61-66,71H,8-60H2,1-7H3,(H,76,77)(H,78,79)/t63?,64-,65+,66+/m0/s1. The Morgan fingerprint density at radius 1 is 0.326 bits per heavy atom. The summed E-state index contributed by atoms with van der Waals surface area (Å²) in [6.45, 7) is 11.8. The van der Waals surface area contributed by atoms with Crippen LogP contribution >= 0.6 is 15.6 Å². The molecule has 0 rings (SSSR count).